The third-order valence-corrected chi connectivity index (χ3v) is 6.01. The molecule has 0 aliphatic carbocycles. The number of imidazole rings is 1. The number of benzene rings is 1. The first-order chi connectivity index (χ1) is 15.0. The molecule has 1 saturated heterocycles. The van der Waals surface area contributed by atoms with Crippen LogP contribution in [0.15, 0.2) is 60.3 Å². The van der Waals surface area contributed by atoms with Crippen molar-refractivity contribution in [1.29, 1.82) is 0 Å². The van der Waals surface area contributed by atoms with Gasteiger partial charge in [0.05, 0.1) is 24.9 Å². The number of anilines is 1. The van der Waals surface area contributed by atoms with Crippen LogP contribution in [0.25, 0.3) is 11.2 Å². The van der Waals surface area contributed by atoms with E-state index in [-0.39, 0.29) is 11.9 Å². The van der Waals surface area contributed by atoms with Gasteiger partial charge in [-0.3, -0.25) is 9.69 Å². The fourth-order valence-electron chi connectivity index (χ4n) is 4.14. The second kappa shape index (κ2) is 7.79. The Bertz CT molecular complexity index is 1200. The van der Waals surface area contributed by atoms with E-state index in [0.717, 1.165) is 22.4 Å². The van der Waals surface area contributed by atoms with E-state index >= 15 is 0 Å². The number of rotatable bonds is 4. The fourth-order valence-corrected chi connectivity index (χ4v) is 4.26. The van der Waals surface area contributed by atoms with Crippen LogP contribution in [0.5, 0.6) is 0 Å². The Labute approximate surface area is 184 Å². The van der Waals surface area contributed by atoms with E-state index in [1.165, 1.54) is 6.33 Å². The van der Waals surface area contributed by atoms with Crippen LogP contribution in [0.1, 0.15) is 25.5 Å². The maximum Gasteiger partial charge on any atom is 0.200 e. The zero-order chi connectivity index (χ0) is 21.5. The SMILES string of the molecule is CC1=CCN2CN(C(C)Nc3ncnc4nc[nH]c34)C(c3ccc(Cl)cc3)C(=O)C2=C1. The van der Waals surface area contributed by atoms with Crippen molar-refractivity contribution in [3.8, 4) is 0 Å². The number of halogens is 1. The van der Waals surface area contributed by atoms with Crippen LogP contribution in [0.3, 0.4) is 0 Å². The predicted molar refractivity (Wildman–Crippen MR) is 119 cm³/mol. The molecule has 0 amide bonds. The van der Waals surface area contributed by atoms with Crippen molar-refractivity contribution in [3.63, 3.8) is 0 Å². The molecule has 158 valence electrons. The molecule has 31 heavy (non-hydrogen) atoms. The van der Waals surface area contributed by atoms with Crippen molar-refractivity contribution in [1.82, 2.24) is 29.7 Å². The normalized spacial score (nSPS) is 20.3. The predicted octanol–water partition coefficient (Wildman–Crippen LogP) is 3.49. The van der Waals surface area contributed by atoms with Crippen molar-refractivity contribution >= 4 is 34.4 Å². The molecule has 0 spiro atoms. The topological polar surface area (TPSA) is 90.0 Å². The zero-order valence-electron chi connectivity index (χ0n) is 17.2. The number of ketones is 1. The average molecular weight is 436 g/mol. The van der Waals surface area contributed by atoms with Crippen LogP contribution in [0, 0.1) is 0 Å². The third kappa shape index (κ3) is 3.58. The van der Waals surface area contributed by atoms with Gasteiger partial charge in [0, 0.05) is 11.6 Å². The minimum Gasteiger partial charge on any atom is -0.353 e. The van der Waals surface area contributed by atoms with Crippen LogP contribution in [-0.2, 0) is 4.79 Å². The van der Waals surface area contributed by atoms with Crippen LogP contribution in [0.4, 0.5) is 5.82 Å². The van der Waals surface area contributed by atoms with Gasteiger partial charge in [0.1, 0.15) is 17.9 Å². The van der Waals surface area contributed by atoms with Crippen LogP contribution in [-0.4, -0.2) is 54.9 Å². The Morgan fingerprint density at radius 3 is 2.84 bits per heavy atom. The average Bonchev–Trinajstić information content (AvgIpc) is 3.25. The van der Waals surface area contributed by atoms with Gasteiger partial charge >= 0.3 is 0 Å². The van der Waals surface area contributed by atoms with Crippen molar-refractivity contribution in [2.24, 2.45) is 0 Å². The maximum absolute atomic E-state index is 13.6. The molecular weight excluding hydrogens is 414 g/mol. The minimum atomic E-state index is -0.438. The number of hydrogen-bond acceptors (Lipinski definition) is 7. The summed E-state index contributed by atoms with van der Waals surface area (Å²) in [4.78, 5) is 33.7. The first-order valence-corrected chi connectivity index (χ1v) is 10.5. The molecule has 2 aliphatic heterocycles. The number of aromatic amines is 1. The Hall–Kier alpha value is -3.23. The highest BCUT2D eigenvalue weighted by Gasteiger charge is 2.40. The Kier molecular flexibility index (Phi) is 4.95. The molecule has 5 rings (SSSR count). The number of carbonyl (C=O) groups is 1. The lowest BCUT2D eigenvalue weighted by atomic mass is 9.93. The molecule has 2 aromatic heterocycles. The van der Waals surface area contributed by atoms with Gasteiger partial charge < -0.3 is 15.2 Å². The molecule has 2 aliphatic rings. The molecular formula is C22H22ClN7O. The molecule has 4 heterocycles. The Morgan fingerprint density at radius 2 is 2.03 bits per heavy atom. The summed E-state index contributed by atoms with van der Waals surface area (Å²) in [5.41, 5.74) is 4.09. The standard InChI is InChI=1S/C22H22ClN7O/c1-13-7-8-29-12-30(14(2)28-22-18-21(25-10-24-18)26-11-27-22)19(20(31)17(29)9-13)15-3-5-16(23)6-4-15/h3-7,9-11,14,19H,8,12H2,1-2H3,(H2,24,25,26,27,28). The molecule has 0 radical (unpaired) electrons. The summed E-state index contributed by atoms with van der Waals surface area (Å²) >= 11 is 6.11. The first-order valence-electron chi connectivity index (χ1n) is 10.1. The summed E-state index contributed by atoms with van der Waals surface area (Å²) in [5, 5.41) is 4.08. The van der Waals surface area contributed by atoms with Gasteiger partial charge in [0.25, 0.3) is 0 Å². The number of nitrogens with zero attached hydrogens (tertiary/aromatic N) is 5. The summed E-state index contributed by atoms with van der Waals surface area (Å²) in [6.07, 6.45) is 6.99. The fraction of sp³-hybridized carbons (Fsp3) is 0.273. The van der Waals surface area contributed by atoms with Crippen LogP contribution < -0.4 is 5.32 Å². The maximum atomic E-state index is 13.6. The molecule has 2 atom stereocenters. The molecule has 1 fully saturated rings. The zero-order valence-corrected chi connectivity index (χ0v) is 18.0. The van der Waals surface area contributed by atoms with E-state index in [0.29, 0.717) is 29.7 Å². The van der Waals surface area contributed by atoms with E-state index in [1.54, 1.807) is 6.33 Å². The summed E-state index contributed by atoms with van der Waals surface area (Å²) in [6, 6.07) is 7.05. The smallest absolute Gasteiger partial charge is 0.200 e. The summed E-state index contributed by atoms with van der Waals surface area (Å²) < 4.78 is 0. The second-order valence-electron chi connectivity index (χ2n) is 7.82. The largest absolute Gasteiger partial charge is 0.353 e. The molecule has 2 N–H and O–H groups in total. The Balaban J connectivity index is 1.51. The number of nitrogens with one attached hydrogen (secondary N) is 2. The lowest BCUT2D eigenvalue weighted by Gasteiger charge is -2.46. The Morgan fingerprint density at radius 1 is 1.23 bits per heavy atom. The number of H-pyrrole nitrogens is 1. The van der Waals surface area contributed by atoms with Gasteiger partial charge in [-0.05, 0) is 37.6 Å². The van der Waals surface area contributed by atoms with Crippen molar-refractivity contribution in [2.75, 3.05) is 18.5 Å². The van der Waals surface area contributed by atoms with Crippen molar-refractivity contribution < 1.29 is 4.79 Å². The molecule has 3 aromatic rings. The van der Waals surface area contributed by atoms with Gasteiger partial charge in [0.15, 0.2) is 11.5 Å². The summed E-state index contributed by atoms with van der Waals surface area (Å²) in [6.45, 7) is 5.36. The van der Waals surface area contributed by atoms with E-state index < -0.39 is 6.04 Å². The van der Waals surface area contributed by atoms with Crippen LogP contribution in [0.2, 0.25) is 5.02 Å². The highest BCUT2D eigenvalue weighted by Crippen LogP contribution is 2.35. The van der Waals surface area contributed by atoms with Crippen molar-refractivity contribution in [2.45, 2.75) is 26.1 Å². The van der Waals surface area contributed by atoms with E-state index in [9.17, 15) is 4.79 Å². The van der Waals surface area contributed by atoms with Gasteiger partial charge in [-0.25, -0.2) is 15.0 Å². The number of allylic oxidation sites excluding steroid dienone is 2. The minimum absolute atomic E-state index is 0.0732. The summed E-state index contributed by atoms with van der Waals surface area (Å²) in [5.74, 6) is 0.720. The monoisotopic (exact) mass is 435 g/mol. The number of hydrogen-bond donors (Lipinski definition) is 2. The van der Waals surface area contributed by atoms with E-state index in [4.69, 9.17) is 11.6 Å². The van der Waals surface area contributed by atoms with Gasteiger partial charge in [-0.15, -0.1) is 0 Å². The van der Waals surface area contributed by atoms with Crippen LogP contribution >= 0.6 is 11.6 Å². The van der Waals surface area contributed by atoms with Gasteiger partial charge in [-0.1, -0.05) is 35.4 Å². The number of aromatic nitrogens is 4. The lowest BCUT2D eigenvalue weighted by molar-refractivity contribution is -0.128. The molecule has 1 aromatic carbocycles. The first kappa shape index (κ1) is 19.7. The van der Waals surface area contributed by atoms with E-state index in [1.807, 2.05) is 44.2 Å². The molecule has 9 heteroatoms. The molecule has 0 bridgehead atoms. The molecule has 2 unspecified atom stereocenters. The summed E-state index contributed by atoms with van der Waals surface area (Å²) in [7, 11) is 0. The second-order valence-corrected chi connectivity index (χ2v) is 8.25. The number of carbonyl (C=O) groups excluding carboxylic acids is 1. The third-order valence-electron chi connectivity index (χ3n) is 5.76. The lowest BCUT2D eigenvalue weighted by Crippen LogP contribution is -2.55. The highest BCUT2D eigenvalue weighted by molar-refractivity contribution is 6.30. The van der Waals surface area contributed by atoms with E-state index in [2.05, 4.69) is 41.1 Å². The molecule has 0 saturated carbocycles. The number of fused-ring (bicyclic) bond motifs is 2. The van der Waals surface area contributed by atoms with Gasteiger partial charge in [-0.2, -0.15) is 0 Å². The highest BCUT2D eigenvalue weighted by atomic mass is 35.5. The van der Waals surface area contributed by atoms with Gasteiger partial charge in [0.2, 0.25) is 5.78 Å². The molecule has 8 nitrogen and oxygen atoms in total. The van der Waals surface area contributed by atoms with Crippen molar-refractivity contribution in [3.05, 3.63) is 70.9 Å². The number of Topliss-reactive ketones (excluding diaryl/α,β-unsaturated/α-hetero) is 1. The quantitative estimate of drug-likeness (QED) is 0.648.